The molecule has 0 spiro atoms. The van der Waals surface area contributed by atoms with Gasteiger partial charge in [-0.3, -0.25) is 4.79 Å². The van der Waals surface area contributed by atoms with E-state index in [0.29, 0.717) is 13.1 Å². The smallest absolute Gasteiger partial charge is 0.422 e. The second-order valence-corrected chi connectivity index (χ2v) is 7.93. The highest BCUT2D eigenvalue weighted by Crippen LogP contribution is 2.34. The number of thiazole rings is 1. The highest BCUT2D eigenvalue weighted by molar-refractivity contribution is 7.18. The standard InChI is InChI=1S/C20H18F3N3O2S/c21-20(22,23)12-28-17-14(6-3-9-24-17)19(27)26-10-4-5-13(11-26)18-25-15-7-1-2-8-16(15)29-18/h1-3,6-9,13H,4-5,10-12H2/t13-/m1/s1. The molecule has 152 valence electrons. The SMILES string of the molecule is O=C(c1cccnc1OCC(F)(F)F)N1CCC[C@@H](c2nc3ccccc3s2)C1. The molecule has 9 heteroatoms. The third kappa shape index (κ3) is 4.50. The molecule has 0 bridgehead atoms. The number of aromatic nitrogens is 2. The number of para-hydroxylation sites is 1. The zero-order chi connectivity index (χ0) is 20.4. The summed E-state index contributed by atoms with van der Waals surface area (Å²) < 4.78 is 43.4. The number of benzene rings is 1. The normalized spacial score (nSPS) is 17.5. The quantitative estimate of drug-likeness (QED) is 0.615. The lowest BCUT2D eigenvalue weighted by molar-refractivity contribution is -0.154. The van der Waals surface area contributed by atoms with Gasteiger partial charge in [-0.1, -0.05) is 12.1 Å². The molecule has 1 amide bonds. The molecule has 0 unspecified atom stereocenters. The number of ether oxygens (including phenoxy) is 1. The molecule has 3 aromatic rings. The van der Waals surface area contributed by atoms with Gasteiger partial charge in [-0.25, -0.2) is 9.97 Å². The Morgan fingerprint density at radius 3 is 2.86 bits per heavy atom. The van der Waals surface area contributed by atoms with E-state index in [2.05, 4.69) is 4.98 Å². The van der Waals surface area contributed by atoms with Crippen LogP contribution in [0, 0.1) is 0 Å². The van der Waals surface area contributed by atoms with Crippen molar-refractivity contribution in [3.8, 4) is 5.88 Å². The van der Waals surface area contributed by atoms with Gasteiger partial charge in [0.2, 0.25) is 5.88 Å². The van der Waals surface area contributed by atoms with Gasteiger partial charge in [0.25, 0.3) is 5.91 Å². The van der Waals surface area contributed by atoms with Crippen LogP contribution in [0.2, 0.25) is 0 Å². The highest BCUT2D eigenvalue weighted by atomic mass is 32.1. The van der Waals surface area contributed by atoms with Crippen LogP contribution in [0.3, 0.4) is 0 Å². The Hall–Kier alpha value is -2.68. The predicted molar refractivity (Wildman–Crippen MR) is 103 cm³/mol. The van der Waals surface area contributed by atoms with E-state index >= 15 is 0 Å². The van der Waals surface area contributed by atoms with Crippen LogP contribution < -0.4 is 4.74 Å². The summed E-state index contributed by atoms with van der Waals surface area (Å²) in [5.74, 6) is -0.570. The van der Waals surface area contributed by atoms with Crippen molar-refractivity contribution in [1.29, 1.82) is 0 Å². The van der Waals surface area contributed by atoms with E-state index in [0.717, 1.165) is 28.1 Å². The van der Waals surface area contributed by atoms with Crippen LogP contribution >= 0.6 is 11.3 Å². The Balaban J connectivity index is 1.52. The second kappa shape index (κ2) is 7.98. The second-order valence-electron chi connectivity index (χ2n) is 6.87. The largest absolute Gasteiger partial charge is 0.467 e. The zero-order valence-corrected chi connectivity index (χ0v) is 16.2. The molecule has 29 heavy (non-hydrogen) atoms. The molecule has 1 fully saturated rings. The van der Waals surface area contributed by atoms with E-state index in [9.17, 15) is 18.0 Å². The van der Waals surface area contributed by atoms with Gasteiger partial charge in [0.1, 0.15) is 5.56 Å². The van der Waals surface area contributed by atoms with E-state index in [1.807, 2.05) is 24.3 Å². The molecule has 1 saturated heterocycles. The van der Waals surface area contributed by atoms with Gasteiger partial charge in [0.15, 0.2) is 6.61 Å². The summed E-state index contributed by atoms with van der Waals surface area (Å²) in [5, 5.41) is 0.975. The van der Waals surface area contributed by atoms with E-state index < -0.39 is 12.8 Å². The fraction of sp³-hybridized carbons (Fsp3) is 0.350. The number of likely N-dealkylation sites (tertiary alicyclic amines) is 1. The van der Waals surface area contributed by atoms with Crippen molar-refractivity contribution >= 4 is 27.5 Å². The molecule has 0 N–H and O–H groups in total. The number of fused-ring (bicyclic) bond motifs is 1. The van der Waals surface area contributed by atoms with Crippen LogP contribution in [-0.2, 0) is 0 Å². The lowest BCUT2D eigenvalue weighted by Gasteiger charge is -2.32. The van der Waals surface area contributed by atoms with Crippen LogP contribution in [0.4, 0.5) is 13.2 Å². The topological polar surface area (TPSA) is 55.3 Å². The number of pyridine rings is 1. The third-order valence-corrected chi connectivity index (χ3v) is 5.94. The number of carbonyl (C=O) groups excluding carboxylic acids is 1. The fourth-order valence-electron chi connectivity index (χ4n) is 3.42. The molecule has 1 aliphatic heterocycles. The lowest BCUT2D eigenvalue weighted by atomic mass is 9.98. The van der Waals surface area contributed by atoms with Crippen molar-refractivity contribution in [3.63, 3.8) is 0 Å². The third-order valence-electron chi connectivity index (χ3n) is 4.74. The molecule has 0 saturated carbocycles. The Morgan fingerprint density at radius 1 is 1.24 bits per heavy atom. The van der Waals surface area contributed by atoms with Gasteiger partial charge in [0.05, 0.1) is 15.2 Å². The fourth-order valence-corrected chi connectivity index (χ4v) is 4.51. The number of hydrogen-bond acceptors (Lipinski definition) is 5. The van der Waals surface area contributed by atoms with E-state index in [-0.39, 0.29) is 23.3 Å². The van der Waals surface area contributed by atoms with E-state index in [4.69, 9.17) is 9.72 Å². The zero-order valence-electron chi connectivity index (χ0n) is 15.4. The number of piperidine rings is 1. The van der Waals surface area contributed by atoms with Crippen molar-refractivity contribution in [1.82, 2.24) is 14.9 Å². The molecular weight excluding hydrogens is 403 g/mol. The first-order valence-electron chi connectivity index (χ1n) is 9.20. The number of alkyl halides is 3. The van der Waals surface area contributed by atoms with Crippen molar-refractivity contribution in [2.45, 2.75) is 24.9 Å². The monoisotopic (exact) mass is 421 g/mol. The number of hydrogen-bond donors (Lipinski definition) is 0. The maximum Gasteiger partial charge on any atom is 0.422 e. The molecule has 2 aromatic heterocycles. The number of rotatable bonds is 4. The van der Waals surface area contributed by atoms with Gasteiger partial charge in [-0.05, 0) is 37.1 Å². The molecule has 5 nitrogen and oxygen atoms in total. The van der Waals surface area contributed by atoms with Gasteiger partial charge in [-0.2, -0.15) is 13.2 Å². The molecule has 4 rings (SSSR count). The minimum atomic E-state index is -4.50. The number of halogens is 3. The van der Waals surface area contributed by atoms with Crippen LogP contribution in [0.1, 0.15) is 34.1 Å². The van der Waals surface area contributed by atoms with Gasteiger partial charge in [0, 0.05) is 25.2 Å². The summed E-state index contributed by atoms with van der Waals surface area (Å²) in [7, 11) is 0. The first-order valence-corrected chi connectivity index (χ1v) is 10.0. The average molecular weight is 421 g/mol. The summed E-state index contributed by atoms with van der Waals surface area (Å²) in [6.45, 7) is -0.487. The van der Waals surface area contributed by atoms with Crippen LogP contribution in [0.25, 0.3) is 10.2 Å². The number of carbonyl (C=O) groups is 1. The minimum Gasteiger partial charge on any atom is -0.467 e. The summed E-state index contributed by atoms with van der Waals surface area (Å²) in [6, 6.07) is 10.8. The predicted octanol–water partition coefficient (Wildman–Crippen LogP) is 4.65. The molecule has 0 radical (unpaired) electrons. The van der Waals surface area contributed by atoms with Crippen molar-refractivity contribution in [2.75, 3.05) is 19.7 Å². The first-order chi connectivity index (χ1) is 13.9. The van der Waals surface area contributed by atoms with Crippen molar-refractivity contribution < 1.29 is 22.7 Å². The highest BCUT2D eigenvalue weighted by Gasteiger charge is 2.32. The number of nitrogens with zero attached hydrogens (tertiary/aromatic N) is 3. The molecular formula is C20H18F3N3O2S. The molecule has 1 aliphatic rings. The van der Waals surface area contributed by atoms with E-state index in [1.165, 1.54) is 18.3 Å². The summed E-state index contributed by atoms with van der Waals surface area (Å²) in [4.78, 5) is 23.2. The average Bonchev–Trinajstić information content (AvgIpc) is 3.16. The minimum absolute atomic E-state index is 0.0432. The van der Waals surface area contributed by atoms with Crippen LogP contribution in [-0.4, -0.2) is 46.6 Å². The first kappa shape index (κ1) is 19.6. The van der Waals surface area contributed by atoms with Gasteiger partial charge < -0.3 is 9.64 Å². The van der Waals surface area contributed by atoms with Gasteiger partial charge in [-0.15, -0.1) is 11.3 Å². The van der Waals surface area contributed by atoms with Gasteiger partial charge >= 0.3 is 6.18 Å². The Morgan fingerprint density at radius 2 is 2.07 bits per heavy atom. The summed E-state index contributed by atoms with van der Waals surface area (Å²) in [6.07, 6.45) is -1.48. The van der Waals surface area contributed by atoms with E-state index in [1.54, 1.807) is 16.2 Å². The van der Waals surface area contributed by atoms with Crippen LogP contribution in [0.5, 0.6) is 5.88 Å². The Bertz CT molecular complexity index is 988. The molecule has 1 aromatic carbocycles. The summed E-state index contributed by atoms with van der Waals surface area (Å²) in [5.41, 5.74) is 0.979. The van der Waals surface area contributed by atoms with Crippen molar-refractivity contribution in [2.24, 2.45) is 0 Å². The molecule has 0 aliphatic carbocycles. The van der Waals surface area contributed by atoms with Crippen molar-refractivity contribution in [3.05, 3.63) is 53.2 Å². The Kier molecular flexibility index (Phi) is 5.40. The molecule has 1 atom stereocenters. The number of amides is 1. The Labute approximate surface area is 169 Å². The maximum absolute atomic E-state index is 13.0. The molecule has 3 heterocycles. The van der Waals surface area contributed by atoms with Crippen LogP contribution in [0.15, 0.2) is 42.6 Å². The maximum atomic E-state index is 13.0. The summed E-state index contributed by atoms with van der Waals surface area (Å²) >= 11 is 1.62. The lowest BCUT2D eigenvalue weighted by Crippen LogP contribution is -2.39.